The zero-order valence-corrected chi connectivity index (χ0v) is 29.7. The maximum Gasteiger partial charge on any atom is 0.136 e. The maximum absolute atomic E-state index is 6.09. The Morgan fingerprint density at radius 1 is 0.509 bits per heavy atom. The van der Waals surface area contributed by atoms with Gasteiger partial charge in [-0.3, -0.25) is 0 Å². The van der Waals surface area contributed by atoms with Gasteiger partial charge >= 0.3 is 0 Å². The van der Waals surface area contributed by atoms with Crippen molar-refractivity contribution in [3.8, 4) is 5.69 Å². The Morgan fingerprint density at radius 2 is 1.21 bits per heavy atom. The fourth-order valence-electron chi connectivity index (χ4n) is 8.04. The fraction of sp³-hybridized carbons (Fsp3) is 0.0417. The normalized spacial score (nSPS) is 11.7. The number of nitrogens with two attached hydrogens (primary N) is 2. The first-order valence-corrected chi connectivity index (χ1v) is 18.8. The molecule has 11 aromatic rings. The second kappa shape index (κ2) is 12.7. The van der Waals surface area contributed by atoms with Crippen LogP contribution >= 0.6 is 11.3 Å². The minimum absolute atomic E-state index is 0.532. The molecule has 0 aliphatic carbocycles. The number of furan rings is 1. The molecule has 254 valence electrons. The molecule has 8 aromatic carbocycles. The number of para-hydroxylation sites is 2. The van der Waals surface area contributed by atoms with Crippen molar-refractivity contribution in [1.82, 2.24) is 4.57 Å². The number of benzene rings is 8. The molecule has 3 aromatic heterocycles. The van der Waals surface area contributed by atoms with E-state index < -0.39 is 0 Å². The molecular weight excluding hydrogens is 667 g/mol. The summed E-state index contributed by atoms with van der Waals surface area (Å²) in [5, 5.41) is 11.6. The third-order valence-corrected chi connectivity index (χ3v) is 11.6. The summed E-state index contributed by atoms with van der Waals surface area (Å²) in [5.41, 5.74) is 19.6. The molecule has 0 aliphatic heterocycles. The topological polar surface area (TPSA) is 70.1 Å². The van der Waals surface area contributed by atoms with E-state index in [4.69, 9.17) is 15.9 Å². The first-order valence-electron chi connectivity index (χ1n) is 17.9. The summed E-state index contributed by atoms with van der Waals surface area (Å²) in [4.78, 5) is 0. The van der Waals surface area contributed by atoms with Crippen LogP contribution in [0.25, 0.3) is 80.2 Å². The average Bonchev–Trinajstić information content (AvgIpc) is 3.87. The van der Waals surface area contributed by atoms with Gasteiger partial charge in [-0.25, -0.2) is 0 Å². The van der Waals surface area contributed by atoms with Crippen molar-refractivity contribution >= 4 is 91.5 Å². The van der Waals surface area contributed by atoms with Crippen LogP contribution in [0.5, 0.6) is 0 Å². The number of thiophene rings is 1. The van der Waals surface area contributed by atoms with Gasteiger partial charge in [0.1, 0.15) is 11.3 Å². The van der Waals surface area contributed by atoms with Gasteiger partial charge in [-0.15, -0.1) is 11.3 Å². The van der Waals surface area contributed by atoms with Crippen LogP contribution in [-0.2, 0) is 13.0 Å². The lowest BCUT2D eigenvalue weighted by molar-refractivity contribution is 0.565. The fourth-order valence-corrected chi connectivity index (χ4v) is 9.16. The lowest BCUT2D eigenvalue weighted by Crippen LogP contribution is -1.99. The third-order valence-electron chi connectivity index (χ3n) is 10.5. The van der Waals surface area contributed by atoms with E-state index in [1.807, 2.05) is 53.8 Å². The van der Waals surface area contributed by atoms with Crippen LogP contribution in [0.4, 0.5) is 5.69 Å². The highest BCUT2D eigenvalue weighted by atomic mass is 32.1. The van der Waals surface area contributed by atoms with Crippen LogP contribution < -0.4 is 11.5 Å². The molecule has 53 heavy (non-hydrogen) atoms. The molecule has 0 saturated carbocycles. The lowest BCUT2D eigenvalue weighted by Gasteiger charge is -2.11. The Kier molecular flexibility index (Phi) is 7.50. The Balaban J connectivity index is 0.000000172. The van der Waals surface area contributed by atoms with Gasteiger partial charge in [-0.2, -0.15) is 0 Å². The summed E-state index contributed by atoms with van der Waals surface area (Å²) in [5.74, 6) is 0.845. The molecule has 0 radical (unpaired) electrons. The van der Waals surface area contributed by atoms with Gasteiger partial charge in [-0.1, -0.05) is 115 Å². The quantitative estimate of drug-likeness (QED) is 0.179. The van der Waals surface area contributed by atoms with Gasteiger partial charge in [0.2, 0.25) is 0 Å². The monoisotopic (exact) mass is 701 g/mol. The Bertz CT molecular complexity index is 3150. The van der Waals surface area contributed by atoms with E-state index >= 15 is 0 Å². The standard InChI is InChI=1S/C33H22N2S.C15H13NO/c34-19-20-6-5-7-22(18-20)35-27-10-3-1-8-25(27)32-24-14-12-21-13-17-30-33(26-9-2-4-11-29(26)36-30)31(21)23(24)15-16-28(32)35;16-15-12-8-4-5-9-13(12)17-14(15)10-11-6-2-1-3-7-11/h1-18H,19,34H2;1-9H,10,16H2. The van der Waals surface area contributed by atoms with E-state index in [1.165, 1.54) is 69.1 Å². The molecule has 5 heteroatoms. The average molecular weight is 702 g/mol. The first-order chi connectivity index (χ1) is 26.2. The smallest absolute Gasteiger partial charge is 0.136 e. The lowest BCUT2D eigenvalue weighted by atomic mass is 9.95. The van der Waals surface area contributed by atoms with Gasteiger partial charge in [-0.05, 0) is 81.2 Å². The second-order valence-corrected chi connectivity index (χ2v) is 14.7. The van der Waals surface area contributed by atoms with Crippen molar-refractivity contribution in [2.75, 3.05) is 5.73 Å². The summed E-state index contributed by atoms with van der Waals surface area (Å²) in [6.45, 7) is 0.532. The molecule has 4 nitrogen and oxygen atoms in total. The predicted molar refractivity (Wildman–Crippen MR) is 226 cm³/mol. The Labute approximate surface area is 310 Å². The molecule has 4 N–H and O–H groups in total. The van der Waals surface area contributed by atoms with Crippen LogP contribution in [0.1, 0.15) is 16.9 Å². The van der Waals surface area contributed by atoms with Crippen molar-refractivity contribution in [1.29, 1.82) is 0 Å². The van der Waals surface area contributed by atoms with E-state index in [1.54, 1.807) is 0 Å². The number of rotatable bonds is 4. The van der Waals surface area contributed by atoms with Gasteiger partial charge in [0.25, 0.3) is 0 Å². The van der Waals surface area contributed by atoms with Crippen molar-refractivity contribution in [2.45, 2.75) is 13.0 Å². The number of aromatic nitrogens is 1. The second-order valence-electron chi connectivity index (χ2n) is 13.6. The predicted octanol–water partition coefficient (Wildman–Crippen LogP) is 12.5. The van der Waals surface area contributed by atoms with Crippen LogP contribution in [0.2, 0.25) is 0 Å². The van der Waals surface area contributed by atoms with Crippen LogP contribution in [0.3, 0.4) is 0 Å². The number of hydrogen-bond donors (Lipinski definition) is 2. The molecule has 0 aliphatic rings. The Hall–Kier alpha value is -6.40. The first kappa shape index (κ1) is 31.3. The van der Waals surface area contributed by atoms with E-state index in [0.717, 1.165) is 40.1 Å². The summed E-state index contributed by atoms with van der Waals surface area (Å²) in [6.07, 6.45) is 0.737. The molecule has 3 heterocycles. The van der Waals surface area contributed by atoms with E-state index in [0.29, 0.717) is 6.54 Å². The number of hydrogen-bond acceptors (Lipinski definition) is 4. The molecule has 0 amide bonds. The number of fused-ring (bicyclic) bond motifs is 12. The highest BCUT2D eigenvalue weighted by Crippen LogP contribution is 2.44. The van der Waals surface area contributed by atoms with Crippen molar-refractivity contribution in [3.63, 3.8) is 0 Å². The number of nitrogens with zero attached hydrogens (tertiary/aromatic N) is 1. The van der Waals surface area contributed by atoms with Gasteiger partial charge in [0.15, 0.2) is 0 Å². The van der Waals surface area contributed by atoms with E-state index in [9.17, 15) is 0 Å². The van der Waals surface area contributed by atoms with Crippen LogP contribution in [0, 0.1) is 0 Å². The molecule has 0 spiro atoms. The number of nitrogen functional groups attached to an aromatic ring is 1. The van der Waals surface area contributed by atoms with Crippen LogP contribution in [-0.4, -0.2) is 4.57 Å². The van der Waals surface area contributed by atoms with E-state index in [-0.39, 0.29) is 0 Å². The van der Waals surface area contributed by atoms with Gasteiger partial charge in [0, 0.05) is 55.0 Å². The molecule has 0 unspecified atom stereocenters. The molecule has 0 saturated heterocycles. The number of anilines is 1. The maximum atomic E-state index is 6.09. The zero-order valence-electron chi connectivity index (χ0n) is 28.9. The third kappa shape index (κ3) is 5.16. The van der Waals surface area contributed by atoms with Crippen molar-refractivity contribution in [3.05, 3.63) is 181 Å². The summed E-state index contributed by atoms with van der Waals surface area (Å²) >= 11 is 1.88. The molecular formula is C48H35N3OS. The van der Waals surface area contributed by atoms with Gasteiger partial charge < -0.3 is 20.5 Å². The highest BCUT2D eigenvalue weighted by Gasteiger charge is 2.18. The van der Waals surface area contributed by atoms with Crippen LogP contribution in [0.15, 0.2) is 168 Å². The molecule has 0 atom stereocenters. The minimum Gasteiger partial charge on any atom is -0.458 e. The SMILES string of the molecule is NCc1cccc(-n2c3ccccc3c3c4ccc5ccc6sc7ccccc7c6c5c4ccc32)c1.Nc1c(Cc2ccccc2)oc2ccccc12. The van der Waals surface area contributed by atoms with E-state index in [2.05, 4.69) is 126 Å². The summed E-state index contributed by atoms with van der Waals surface area (Å²) < 4.78 is 10.8. The Morgan fingerprint density at radius 3 is 2.06 bits per heavy atom. The highest BCUT2D eigenvalue weighted by molar-refractivity contribution is 7.26. The minimum atomic E-state index is 0.532. The van der Waals surface area contributed by atoms with Crippen molar-refractivity contribution < 1.29 is 4.42 Å². The largest absolute Gasteiger partial charge is 0.458 e. The molecule has 0 bridgehead atoms. The molecule has 0 fully saturated rings. The van der Waals surface area contributed by atoms with Crippen molar-refractivity contribution in [2.24, 2.45) is 5.73 Å². The summed E-state index contributed by atoms with van der Waals surface area (Å²) in [6, 6.07) is 58.0. The van der Waals surface area contributed by atoms with Gasteiger partial charge in [0.05, 0.1) is 16.7 Å². The molecule has 11 rings (SSSR count). The summed E-state index contributed by atoms with van der Waals surface area (Å²) in [7, 11) is 0. The zero-order chi connectivity index (χ0) is 35.5.